The van der Waals surface area contributed by atoms with Crippen molar-refractivity contribution in [2.45, 2.75) is 58.4 Å². The Labute approximate surface area is 148 Å². The predicted molar refractivity (Wildman–Crippen MR) is 98.7 cm³/mol. The molecule has 0 aromatic heterocycles. The summed E-state index contributed by atoms with van der Waals surface area (Å²) < 4.78 is 0. The van der Waals surface area contributed by atoms with Crippen LogP contribution in [0.5, 0.6) is 0 Å². The first-order valence-corrected chi connectivity index (χ1v) is 8.82. The molecule has 5 nitrogen and oxygen atoms in total. The average Bonchev–Trinajstić information content (AvgIpc) is 3.06. The van der Waals surface area contributed by atoms with Crippen LogP contribution in [0.2, 0.25) is 0 Å². The van der Waals surface area contributed by atoms with E-state index in [1.807, 2.05) is 32.0 Å². The van der Waals surface area contributed by atoms with Gasteiger partial charge in [0.1, 0.15) is 0 Å². The van der Waals surface area contributed by atoms with Crippen LogP contribution in [0.3, 0.4) is 0 Å². The number of carbonyl (C=O) groups excluding carboxylic acids is 2. The number of benzene rings is 1. The smallest absolute Gasteiger partial charge is 0.238 e. The number of Topliss-reactive ketones (excluding diaryl/α,β-unsaturated/α-hetero) is 1. The number of ketones is 1. The second kappa shape index (κ2) is 8.78. The highest BCUT2D eigenvalue weighted by Gasteiger charge is 2.15. The van der Waals surface area contributed by atoms with Gasteiger partial charge in [0.05, 0.1) is 0 Å². The number of nitrogens with one attached hydrogen (secondary N) is 3. The van der Waals surface area contributed by atoms with Crippen LogP contribution in [0, 0.1) is 13.8 Å². The lowest BCUT2D eigenvalue weighted by Gasteiger charge is -2.16. The third-order valence-corrected chi connectivity index (χ3v) is 4.63. The van der Waals surface area contributed by atoms with E-state index in [0.717, 1.165) is 24.0 Å². The van der Waals surface area contributed by atoms with Crippen molar-refractivity contribution in [3.8, 4) is 0 Å². The summed E-state index contributed by atoms with van der Waals surface area (Å²) in [4.78, 5) is 24.0. The summed E-state index contributed by atoms with van der Waals surface area (Å²) in [6.45, 7) is 3.98. The van der Waals surface area contributed by atoms with Crippen molar-refractivity contribution in [1.29, 1.82) is 0 Å². The first-order valence-electron chi connectivity index (χ1n) is 8.41. The fourth-order valence-electron chi connectivity index (χ4n) is 2.77. The van der Waals surface area contributed by atoms with Gasteiger partial charge >= 0.3 is 0 Å². The summed E-state index contributed by atoms with van der Waals surface area (Å²) in [7, 11) is 0. The van der Waals surface area contributed by atoms with Gasteiger partial charge < -0.3 is 5.32 Å². The van der Waals surface area contributed by atoms with Crippen LogP contribution < -0.4 is 16.2 Å². The molecule has 1 fully saturated rings. The second-order valence-electron chi connectivity index (χ2n) is 6.35. The summed E-state index contributed by atoms with van der Waals surface area (Å²) in [5.74, 6) is -0.275. The van der Waals surface area contributed by atoms with Crippen LogP contribution in [0.15, 0.2) is 18.2 Å². The highest BCUT2D eigenvalue weighted by atomic mass is 32.1. The molecule has 1 aliphatic rings. The summed E-state index contributed by atoms with van der Waals surface area (Å²) in [6, 6.07) is 6.00. The minimum atomic E-state index is -0.247. The van der Waals surface area contributed by atoms with E-state index in [0.29, 0.717) is 16.7 Å². The van der Waals surface area contributed by atoms with E-state index in [9.17, 15) is 9.59 Å². The fourth-order valence-corrected chi connectivity index (χ4v) is 2.98. The molecule has 1 aromatic rings. The number of rotatable bonds is 5. The Hall–Kier alpha value is -1.95. The van der Waals surface area contributed by atoms with E-state index in [4.69, 9.17) is 12.2 Å². The zero-order chi connectivity index (χ0) is 17.5. The zero-order valence-electron chi connectivity index (χ0n) is 14.3. The van der Waals surface area contributed by atoms with Crippen molar-refractivity contribution < 1.29 is 9.59 Å². The van der Waals surface area contributed by atoms with Gasteiger partial charge in [-0.25, -0.2) is 0 Å². The van der Waals surface area contributed by atoms with Crippen molar-refractivity contribution in [2.24, 2.45) is 0 Å². The largest absolute Gasteiger partial charge is 0.359 e. The standard InChI is InChI=1S/C18H25N3O2S/c1-12-7-8-14(11-13(12)2)16(22)9-10-17(23)20-21-18(24)19-15-5-3-4-6-15/h7-8,11,15H,3-6,9-10H2,1-2H3,(H,20,23)(H2,19,21,24). The van der Waals surface area contributed by atoms with Gasteiger partial charge in [0.2, 0.25) is 5.91 Å². The molecular weight excluding hydrogens is 322 g/mol. The first kappa shape index (κ1) is 18.4. The van der Waals surface area contributed by atoms with Gasteiger partial charge in [-0.2, -0.15) is 0 Å². The minimum Gasteiger partial charge on any atom is -0.359 e. The maximum Gasteiger partial charge on any atom is 0.238 e. The molecule has 1 amide bonds. The molecule has 24 heavy (non-hydrogen) atoms. The van der Waals surface area contributed by atoms with Gasteiger partial charge in [-0.1, -0.05) is 25.0 Å². The molecule has 0 spiro atoms. The van der Waals surface area contributed by atoms with Crippen molar-refractivity contribution in [2.75, 3.05) is 0 Å². The lowest BCUT2D eigenvalue weighted by molar-refractivity contribution is -0.121. The molecule has 0 heterocycles. The Kier molecular flexibility index (Phi) is 6.73. The maximum absolute atomic E-state index is 12.1. The normalized spacial score (nSPS) is 14.2. The molecule has 0 radical (unpaired) electrons. The van der Waals surface area contributed by atoms with Crippen molar-refractivity contribution in [3.05, 3.63) is 34.9 Å². The molecule has 2 rings (SSSR count). The van der Waals surface area contributed by atoms with Crippen LogP contribution >= 0.6 is 12.2 Å². The van der Waals surface area contributed by atoms with Crippen molar-refractivity contribution >= 4 is 29.0 Å². The lowest BCUT2D eigenvalue weighted by Crippen LogP contribution is -2.49. The fraction of sp³-hybridized carbons (Fsp3) is 0.500. The number of carbonyl (C=O) groups is 2. The molecule has 1 aliphatic carbocycles. The van der Waals surface area contributed by atoms with Gasteiger partial charge in [-0.15, -0.1) is 0 Å². The molecule has 0 bridgehead atoms. The number of thiocarbonyl (C=S) groups is 1. The van der Waals surface area contributed by atoms with E-state index < -0.39 is 0 Å². The van der Waals surface area contributed by atoms with Gasteiger partial charge in [-0.05, 0) is 56.1 Å². The third kappa shape index (κ3) is 5.60. The van der Waals surface area contributed by atoms with Gasteiger partial charge in [-0.3, -0.25) is 20.4 Å². The van der Waals surface area contributed by atoms with Gasteiger partial charge in [0.15, 0.2) is 10.9 Å². The van der Waals surface area contributed by atoms with Gasteiger partial charge in [0, 0.05) is 24.4 Å². The summed E-state index contributed by atoms with van der Waals surface area (Å²) >= 11 is 5.14. The number of amides is 1. The lowest BCUT2D eigenvalue weighted by atomic mass is 10.0. The van der Waals surface area contributed by atoms with Crippen LogP contribution in [-0.4, -0.2) is 22.8 Å². The molecule has 0 saturated heterocycles. The summed E-state index contributed by atoms with van der Waals surface area (Å²) in [6.07, 6.45) is 4.96. The molecule has 0 aliphatic heterocycles. The summed E-state index contributed by atoms with van der Waals surface area (Å²) in [5.41, 5.74) is 8.12. The molecule has 1 saturated carbocycles. The topological polar surface area (TPSA) is 70.2 Å². The third-order valence-electron chi connectivity index (χ3n) is 4.41. The van der Waals surface area contributed by atoms with E-state index in [1.54, 1.807) is 0 Å². The molecule has 1 aromatic carbocycles. The number of hydrazine groups is 1. The number of hydrogen-bond acceptors (Lipinski definition) is 3. The SMILES string of the molecule is Cc1ccc(C(=O)CCC(=O)NNC(=S)NC2CCCC2)cc1C. The number of hydrogen-bond donors (Lipinski definition) is 3. The molecular formula is C18H25N3O2S. The Balaban J connectivity index is 1.69. The molecule has 130 valence electrons. The second-order valence-corrected chi connectivity index (χ2v) is 6.76. The zero-order valence-corrected chi connectivity index (χ0v) is 15.1. The Bertz CT molecular complexity index is 625. The van der Waals surface area contributed by atoms with E-state index >= 15 is 0 Å². The highest BCUT2D eigenvalue weighted by Crippen LogP contribution is 2.17. The maximum atomic E-state index is 12.1. The summed E-state index contributed by atoms with van der Waals surface area (Å²) in [5, 5.41) is 3.60. The van der Waals surface area contributed by atoms with Crippen LogP contribution in [0.4, 0.5) is 0 Å². The highest BCUT2D eigenvalue weighted by molar-refractivity contribution is 7.80. The minimum absolute atomic E-state index is 0.0279. The average molecular weight is 347 g/mol. The van der Waals surface area contributed by atoms with Gasteiger partial charge in [0.25, 0.3) is 0 Å². The molecule has 0 unspecified atom stereocenters. The number of aryl methyl sites for hydroxylation is 2. The molecule has 3 N–H and O–H groups in total. The van der Waals surface area contributed by atoms with Crippen LogP contribution in [0.1, 0.15) is 60.0 Å². The van der Waals surface area contributed by atoms with E-state index in [-0.39, 0.29) is 24.5 Å². The Morgan fingerprint density at radius 2 is 1.79 bits per heavy atom. The van der Waals surface area contributed by atoms with E-state index in [1.165, 1.54) is 12.8 Å². The first-order chi connectivity index (χ1) is 11.5. The Morgan fingerprint density at radius 3 is 2.46 bits per heavy atom. The van der Waals surface area contributed by atoms with Crippen LogP contribution in [-0.2, 0) is 4.79 Å². The van der Waals surface area contributed by atoms with E-state index in [2.05, 4.69) is 16.2 Å². The van der Waals surface area contributed by atoms with Crippen LogP contribution in [0.25, 0.3) is 0 Å². The molecule has 6 heteroatoms. The monoisotopic (exact) mass is 347 g/mol. The Morgan fingerprint density at radius 1 is 1.08 bits per heavy atom. The molecule has 0 atom stereocenters. The van der Waals surface area contributed by atoms with Crippen molar-refractivity contribution in [3.63, 3.8) is 0 Å². The quantitative estimate of drug-likeness (QED) is 0.434. The predicted octanol–water partition coefficient (Wildman–Crippen LogP) is 2.70. The van der Waals surface area contributed by atoms with Crippen molar-refractivity contribution in [1.82, 2.24) is 16.2 Å².